The lowest BCUT2D eigenvalue weighted by atomic mass is 10.1. The van der Waals surface area contributed by atoms with E-state index in [1.807, 2.05) is 34.9 Å². The molecule has 0 spiro atoms. The minimum absolute atomic E-state index is 0.642. The fraction of sp³-hybridized carbons (Fsp3) is 0.318. The summed E-state index contributed by atoms with van der Waals surface area (Å²) in [5.41, 5.74) is 2.48. The van der Waals surface area contributed by atoms with E-state index in [1.165, 1.54) is 16.0 Å². The molecule has 156 valence electrons. The molecule has 0 atom stereocenters. The third kappa shape index (κ3) is 5.13. The molecule has 3 aromatic heterocycles. The molecule has 0 fully saturated rings. The number of hydrogen-bond donors (Lipinski definition) is 0. The maximum absolute atomic E-state index is 5.83. The van der Waals surface area contributed by atoms with Crippen molar-refractivity contribution in [3.05, 3.63) is 86.8 Å². The van der Waals surface area contributed by atoms with Crippen LogP contribution in [0.4, 0.5) is 0 Å². The van der Waals surface area contributed by atoms with E-state index in [4.69, 9.17) is 17.3 Å². The highest BCUT2D eigenvalue weighted by Gasteiger charge is 2.14. The van der Waals surface area contributed by atoms with Crippen molar-refractivity contribution < 1.29 is 0 Å². The maximum atomic E-state index is 5.83. The average molecular weight is 439 g/mol. The van der Waals surface area contributed by atoms with E-state index in [-0.39, 0.29) is 0 Å². The Labute approximate surface area is 186 Å². The molecule has 0 bridgehead atoms. The van der Waals surface area contributed by atoms with Crippen molar-refractivity contribution in [2.45, 2.75) is 32.6 Å². The second-order valence-electron chi connectivity index (χ2n) is 7.52. The predicted molar refractivity (Wildman–Crippen MR) is 123 cm³/mol. The minimum Gasteiger partial charge on any atom is -0.303 e. The third-order valence-corrected chi connectivity index (χ3v) is 6.27. The van der Waals surface area contributed by atoms with Gasteiger partial charge in [0.1, 0.15) is 5.82 Å². The number of rotatable bonds is 9. The molecule has 30 heavy (non-hydrogen) atoms. The van der Waals surface area contributed by atoms with Crippen molar-refractivity contribution in [3.63, 3.8) is 0 Å². The van der Waals surface area contributed by atoms with Crippen LogP contribution in [-0.4, -0.2) is 36.1 Å². The Balaban J connectivity index is 1.54. The van der Waals surface area contributed by atoms with Crippen LogP contribution in [-0.2, 0) is 39.6 Å². The van der Waals surface area contributed by atoms with Gasteiger partial charge in [0.2, 0.25) is 0 Å². The van der Waals surface area contributed by atoms with Crippen molar-refractivity contribution in [3.8, 4) is 0 Å². The standard InChI is InChI=1S/C22H26N6S2/c1-25(15-19-14-23-26(2)16-19)17-28-22(29)27(11-10-18-7-4-3-5-8-18)21(24-28)13-20-9-6-12-30-20/h3-9,12,14,16H,10-11,13,15,17H2,1-2H3. The molecule has 4 aromatic rings. The number of benzene rings is 1. The van der Waals surface area contributed by atoms with Crippen LogP contribution in [0, 0.1) is 4.77 Å². The van der Waals surface area contributed by atoms with Crippen molar-refractivity contribution >= 4 is 23.6 Å². The first kappa shape index (κ1) is 20.7. The van der Waals surface area contributed by atoms with Gasteiger partial charge in [-0.2, -0.15) is 10.2 Å². The van der Waals surface area contributed by atoms with Crippen molar-refractivity contribution in [2.75, 3.05) is 7.05 Å². The van der Waals surface area contributed by atoms with Gasteiger partial charge in [0.25, 0.3) is 0 Å². The van der Waals surface area contributed by atoms with Crippen molar-refractivity contribution in [2.24, 2.45) is 7.05 Å². The Morgan fingerprint density at radius 3 is 2.63 bits per heavy atom. The lowest BCUT2D eigenvalue weighted by molar-refractivity contribution is 0.243. The fourth-order valence-corrected chi connectivity index (χ4v) is 4.53. The molecule has 0 saturated carbocycles. The van der Waals surface area contributed by atoms with Gasteiger partial charge in [-0.05, 0) is 42.7 Å². The third-order valence-electron chi connectivity index (χ3n) is 4.97. The Kier molecular flexibility index (Phi) is 6.56. The highest BCUT2D eigenvalue weighted by Crippen LogP contribution is 2.16. The van der Waals surface area contributed by atoms with E-state index in [9.17, 15) is 0 Å². The summed E-state index contributed by atoms with van der Waals surface area (Å²) in [6, 6.07) is 14.8. The molecule has 6 nitrogen and oxygen atoms in total. The Morgan fingerprint density at radius 2 is 1.93 bits per heavy atom. The highest BCUT2D eigenvalue weighted by molar-refractivity contribution is 7.71. The summed E-state index contributed by atoms with van der Waals surface area (Å²) in [6.45, 7) is 2.27. The van der Waals surface area contributed by atoms with Crippen LogP contribution in [0.25, 0.3) is 0 Å². The van der Waals surface area contributed by atoms with Crippen LogP contribution in [0.3, 0.4) is 0 Å². The number of thiophene rings is 1. The smallest absolute Gasteiger partial charge is 0.199 e. The molecular formula is C22H26N6S2. The molecule has 0 amide bonds. The molecule has 0 N–H and O–H groups in total. The number of hydrogen-bond acceptors (Lipinski definition) is 5. The molecule has 4 rings (SSSR count). The lowest BCUT2D eigenvalue weighted by Crippen LogP contribution is -2.22. The minimum atomic E-state index is 0.642. The van der Waals surface area contributed by atoms with Gasteiger partial charge < -0.3 is 4.57 Å². The molecule has 0 aliphatic heterocycles. The van der Waals surface area contributed by atoms with E-state index in [1.54, 1.807) is 11.3 Å². The summed E-state index contributed by atoms with van der Waals surface area (Å²) < 4.78 is 6.74. The lowest BCUT2D eigenvalue weighted by Gasteiger charge is -2.15. The van der Waals surface area contributed by atoms with Crippen LogP contribution < -0.4 is 0 Å². The topological polar surface area (TPSA) is 43.8 Å². The van der Waals surface area contributed by atoms with E-state index < -0.39 is 0 Å². The van der Waals surface area contributed by atoms with Gasteiger partial charge in [-0.3, -0.25) is 9.58 Å². The summed E-state index contributed by atoms with van der Waals surface area (Å²) in [5, 5.41) is 11.3. The normalized spacial score (nSPS) is 11.4. The van der Waals surface area contributed by atoms with Crippen molar-refractivity contribution in [1.29, 1.82) is 0 Å². The molecular weight excluding hydrogens is 412 g/mol. The van der Waals surface area contributed by atoms with Gasteiger partial charge in [0.15, 0.2) is 4.77 Å². The maximum Gasteiger partial charge on any atom is 0.199 e. The number of nitrogens with zero attached hydrogens (tertiary/aromatic N) is 6. The second kappa shape index (κ2) is 9.51. The van der Waals surface area contributed by atoms with Gasteiger partial charge >= 0.3 is 0 Å². The van der Waals surface area contributed by atoms with Gasteiger partial charge in [-0.25, -0.2) is 4.68 Å². The van der Waals surface area contributed by atoms with E-state index in [0.717, 1.165) is 36.5 Å². The first-order chi connectivity index (χ1) is 14.6. The van der Waals surface area contributed by atoms with Crippen molar-refractivity contribution in [1.82, 2.24) is 29.0 Å². The molecule has 0 unspecified atom stereocenters. The van der Waals surface area contributed by atoms with Crippen LogP contribution in [0.15, 0.2) is 60.2 Å². The van der Waals surface area contributed by atoms with Crippen LogP contribution in [0.5, 0.6) is 0 Å². The van der Waals surface area contributed by atoms with Gasteiger partial charge in [-0.15, -0.1) is 11.3 Å². The zero-order valence-electron chi connectivity index (χ0n) is 17.3. The Hall–Kier alpha value is -2.55. The summed E-state index contributed by atoms with van der Waals surface area (Å²) in [6.07, 6.45) is 5.67. The second-order valence-corrected chi connectivity index (χ2v) is 8.92. The van der Waals surface area contributed by atoms with E-state index >= 15 is 0 Å². The average Bonchev–Trinajstić information content (AvgIpc) is 3.45. The molecule has 3 heterocycles. The quantitative estimate of drug-likeness (QED) is 0.369. The summed E-state index contributed by atoms with van der Waals surface area (Å²) in [7, 11) is 4.02. The number of aromatic nitrogens is 5. The van der Waals surface area contributed by atoms with Crippen LogP contribution in [0.1, 0.15) is 21.8 Å². The predicted octanol–water partition coefficient (Wildman–Crippen LogP) is 4.13. The SMILES string of the molecule is CN(Cc1cnn(C)c1)Cn1nc(Cc2cccs2)n(CCc2ccccc2)c1=S. The molecule has 8 heteroatoms. The first-order valence-corrected chi connectivity index (χ1v) is 11.3. The Bertz CT molecular complexity index is 1120. The Morgan fingerprint density at radius 1 is 1.10 bits per heavy atom. The summed E-state index contributed by atoms with van der Waals surface area (Å²) in [4.78, 5) is 3.50. The molecule has 0 aliphatic rings. The van der Waals surface area contributed by atoms with E-state index in [2.05, 4.69) is 63.4 Å². The molecule has 0 aliphatic carbocycles. The monoisotopic (exact) mass is 438 g/mol. The first-order valence-electron chi connectivity index (χ1n) is 9.97. The summed E-state index contributed by atoms with van der Waals surface area (Å²) in [5.74, 6) is 1.02. The highest BCUT2D eigenvalue weighted by atomic mass is 32.1. The van der Waals surface area contributed by atoms with Crippen LogP contribution in [0.2, 0.25) is 0 Å². The zero-order chi connectivity index (χ0) is 20.9. The number of aryl methyl sites for hydroxylation is 2. The summed E-state index contributed by atoms with van der Waals surface area (Å²) >= 11 is 7.59. The van der Waals surface area contributed by atoms with Gasteiger partial charge in [-0.1, -0.05) is 36.4 Å². The largest absolute Gasteiger partial charge is 0.303 e. The molecule has 0 saturated heterocycles. The van der Waals surface area contributed by atoms with Gasteiger partial charge in [0.05, 0.1) is 12.9 Å². The molecule has 1 aromatic carbocycles. The zero-order valence-corrected chi connectivity index (χ0v) is 18.9. The van der Waals surface area contributed by atoms with Gasteiger partial charge in [0, 0.05) is 43.2 Å². The van der Waals surface area contributed by atoms with Crippen LogP contribution >= 0.6 is 23.6 Å². The van der Waals surface area contributed by atoms with E-state index in [0.29, 0.717) is 6.67 Å². The molecule has 0 radical (unpaired) electrons. The fourth-order valence-electron chi connectivity index (χ4n) is 3.53.